The third-order valence-electron chi connectivity index (χ3n) is 4.38. The molecule has 0 saturated heterocycles. The molecule has 1 unspecified atom stereocenters. The lowest BCUT2D eigenvalue weighted by Gasteiger charge is -2.18. The molecule has 7 heteroatoms. The summed E-state index contributed by atoms with van der Waals surface area (Å²) < 4.78 is 16.3. The van der Waals surface area contributed by atoms with Crippen LogP contribution in [0.1, 0.15) is 40.7 Å². The van der Waals surface area contributed by atoms with Crippen molar-refractivity contribution in [1.29, 1.82) is 0 Å². The predicted molar refractivity (Wildman–Crippen MR) is 120 cm³/mol. The zero-order chi connectivity index (χ0) is 22.1. The molecule has 0 saturated carbocycles. The molecule has 3 aromatic rings. The summed E-state index contributed by atoms with van der Waals surface area (Å²) in [4.78, 5) is 26.0. The fraction of sp³-hybridized carbons (Fsp3) is 0.250. The average molecular weight is 440 g/mol. The molecule has 0 bridgehead atoms. The van der Waals surface area contributed by atoms with Gasteiger partial charge in [-0.2, -0.15) is 0 Å². The van der Waals surface area contributed by atoms with E-state index in [9.17, 15) is 9.59 Å². The molecule has 0 radical (unpaired) electrons. The Morgan fingerprint density at radius 3 is 2.35 bits per heavy atom. The summed E-state index contributed by atoms with van der Waals surface area (Å²) in [5.74, 6) is 0.0310. The first-order chi connectivity index (χ1) is 15.1. The molecule has 162 valence electrons. The van der Waals surface area contributed by atoms with Crippen LogP contribution in [0.5, 0.6) is 11.5 Å². The number of esters is 1. The Morgan fingerprint density at radius 2 is 1.68 bits per heavy atom. The van der Waals surface area contributed by atoms with E-state index >= 15 is 0 Å². The fourth-order valence-corrected chi connectivity index (χ4v) is 3.82. The standard InChI is InChI=1S/C24H25NO5S/c1-3-28-19-13-12-18(15-20(19)29-4-2)24(27)30-16-22(26)25-23(21-11-8-14-31-21)17-9-6-5-7-10-17/h5-15,23H,3-4,16H2,1-2H3,(H,25,26). The first-order valence-corrected chi connectivity index (χ1v) is 10.9. The van der Waals surface area contributed by atoms with Crippen LogP contribution in [0.2, 0.25) is 0 Å². The third kappa shape index (κ3) is 6.08. The fourth-order valence-electron chi connectivity index (χ4n) is 3.01. The second kappa shape index (κ2) is 11.2. The van der Waals surface area contributed by atoms with Gasteiger partial charge >= 0.3 is 5.97 Å². The van der Waals surface area contributed by atoms with E-state index in [-0.39, 0.29) is 24.1 Å². The maximum absolute atomic E-state index is 12.5. The monoisotopic (exact) mass is 439 g/mol. The number of hydrogen-bond acceptors (Lipinski definition) is 6. The van der Waals surface area contributed by atoms with Gasteiger partial charge in [-0.3, -0.25) is 4.79 Å². The van der Waals surface area contributed by atoms with Gasteiger partial charge in [0.15, 0.2) is 18.1 Å². The van der Waals surface area contributed by atoms with Gasteiger partial charge in [0.1, 0.15) is 0 Å². The van der Waals surface area contributed by atoms with Crippen LogP contribution < -0.4 is 14.8 Å². The highest BCUT2D eigenvalue weighted by Gasteiger charge is 2.19. The largest absolute Gasteiger partial charge is 0.490 e. The van der Waals surface area contributed by atoms with Crippen LogP contribution in [0, 0.1) is 0 Å². The number of nitrogens with one attached hydrogen (secondary N) is 1. The quantitative estimate of drug-likeness (QED) is 0.467. The van der Waals surface area contributed by atoms with Gasteiger partial charge in [0, 0.05) is 4.88 Å². The summed E-state index contributed by atoms with van der Waals surface area (Å²) in [7, 11) is 0. The molecule has 6 nitrogen and oxygen atoms in total. The highest BCUT2D eigenvalue weighted by Crippen LogP contribution is 2.29. The summed E-state index contributed by atoms with van der Waals surface area (Å²) in [5.41, 5.74) is 1.25. The van der Waals surface area contributed by atoms with Crippen molar-refractivity contribution in [2.75, 3.05) is 19.8 Å². The molecule has 1 aromatic heterocycles. The van der Waals surface area contributed by atoms with Gasteiger partial charge in [-0.15, -0.1) is 11.3 Å². The number of thiophene rings is 1. The van der Waals surface area contributed by atoms with Crippen LogP contribution in [-0.4, -0.2) is 31.7 Å². The van der Waals surface area contributed by atoms with E-state index in [4.69, 9.17) is 14.2 Å². The second-order valence-electron chi connectivity index (χ2n) is 6.53. The molecule has 0 aliphatic carbocycles. The number of amides is 1. The second-order valence-corrected chi connectivity index (χ2v) is 7.51. The first-order valence-electron chi connectivity index (χ1n) is 10.1. The molecule has 3 rings (SSSR count). The average Bonchev–Trinajstić information content (AvgIpc) is 3.32. The van der Waals surface area contributed by atoms with E-state index in [1.54, 1.807) is 29.5 Å². The van der Waals surface area contributed by atoms with Crippen LogP contribution in [0.25, 0.3) is 0 Å². The highest BCUT2D eigenvalue weighted by molar-refractivity contribution is 7.10. The maximum atomic E-state index is 12.5. The van der Waals surface area contributed by atoms with Crippen LogP contribution >= 0.6 is 11.3 Å². The smallest absolute Gasteiger partial charge is 0.338 e. The number of benzene rings is 2. The van der Waals surface area contributed by atoms with E-state index in [1.165, 1.54) is 0 Å². The van der Waals surface area contributed by atoms with Crippen LogP contribution in [0.3, 0.4) is 0 Å². The predicted octanol–water partition coefficient (Wildman–Crippen LogP) is 4.61. The van der Waals surface area contributed by atoms with Crippen LogP contribution in [-0.2, 0) is 9.53 Å². The summed E-state index contributed by atoms with van der Waals surface area (Å²) in [6, 6.07) is 18.1. The molecule has 0 aliphatic heterocycles. The van der Waals surface area contributed by atoms with Gasteiger partial charge in [-0.1, -0.05) is 36.4 Å². The van der Waals surface area contributed by atoms with Crippen molar-refractivity contribution in [1.82, 2.24) is 5.32 Å². The van der Waals surface area contributed by atoms with E-state index in [0.717, 1.165) is 10.4 Å². The molecule has 0 aliphatic rings. The molecule has 1 N–H and O–H groups in total. The van der Waals surface area contributed by atoms with Crippen molar-refractivity contribution < 1.29 is 23.8 Å². The molecule has 1 heterocycles. The summed E-state index contributed by atoms with van der Waals surface area (Å²) in [5, 5.41) is 4.91. The Kier molecular flexibility index (Phi) is 8.06. The van der Waals surface area contributed by atoms with E-state index < -0.39 is 5.97 Å². The molecular formula is C24H25NO5S. The van der Waals surface area contributed by atoms with Gasteiger partial charge in [0.2, 0.25) is 0 Å². The van der Waals surface area contributed by atoms with Crippen LogP contribution in [0.15, 0.2) is 66.0 Å². The Morgan fingerprint density at radius 1 is 0.935 bits per heavy atom. The Bertz CT molecular complexity index is 988. The first kappa shape index (κ1) is 22.4. The van der Waals surface area contributed by atoms with Crippen molar-refractivity contribution >= 4 is 23.2 Å². The number of carbonyl (C=O) groups excluding carboxylic acids is 2. The molecule has 0 fully saturated rings. The third-order valence-corrected chi connectivity index (χ3v) is 5.32. The molecular weight excluding hydrogens is 414 g/mol. The topological polar surface area (TPSA) is 73.9 Å². The minimum atomic E-state index is -0.605. The number of hydrogen-bond donors (Lipinski definition) is 1. The van der Waals surface area contributed by atoms with Crippen molar-refractivity contribution in [3.8, 4) is 11.5 Å². The Balaban J connectivity index is 1.64. The minimum absolute atomic E-state index is 0.289. The zero-order valence-electron chi connectivity index (χ0n) is 17.5. The Labute approximate surface area is 185 Å². The van der Waals surface area contributed by atoms with Crippen molar-refractivity contribution in [2.24, 2.45) is 0 Å². The van der Waals surface area contributed by atoms with Gasteiger partial charge in [0.25, 0.3) is 5.91 Å². The lowest BCUT2D eigenvalue weighted by Crippen LogP contribution is -2.32. The Hall–Kier alpha value is -3.32. The van der Waals surface area contributed by atoms with Crippen molar-refractivity contribution in [3.63, 3.8) is 0 Å². The molecule has 0 spiro atoms. The summed E-state index contributed by atoms with van der Waals surface area (Å²) in [6.07, 6.45) is 0. The van der Waals surface area contributed by atoms with Crippen molar-refractivity contribution in [2.45, 2.75) is 19.9 Å². The maximum Gasteiger partial charge on any atom is 0.338 e. The lowest BCUT2D eigenvalue weighted by molar-refractivity contribution is -0.124. The van der Waals surface area contributed by atoms with Gasteiger partial charge in [-0.25, -0.2) is 4.79 Å². The SMILES string of the molecule is CCOc1ccc(C(=O)OCC(=O)NC(c2ccccc2)c2cccs2)cc1OCC. The van der Waals surface area contributed by atoms with E-state index in [1.807, 2.05) is 61.7 Å². The number of ether oxygens (including phenoxy) is 3. The number of carbonyl (C=O) groups is 2. The zero-order valence-corrected chi connectivity index (χ0v) is 18.3. The van der Waals surface area contributed by atoms with E-state index in [0.29, 0.717) is 24.7 Å². The molecule has 1 atom stereocenters. The summed E-state index contributed by atoms with van der Waals surface area (Å²) in [6.45, 7) is 4.25. The van der Waals surface area contributed by atoms with Crippen LogP contribution in [0.4, 0.5) is 0 Å². The molecule has 1 amide bonds. The van der Waals surface area contributed by atoms with Gasteiger partial charge < -0.3 is 19.5 Å². The molecule has 31 heavy (non-hydrogen) atoms. The lowest BCUT2D eigenvalue weighted by atomic mass is 10.1. The van der Waals surface area contributed by atoms with Gasteiger partial charge in [-0.05, 0) is 49.1 Å². The minimum Gasteiger partial charge on any atom is -0.490 e. The molecule has 2 aromatic carbocycles. The van der Waals surface area contributed by atoms with Crippen molar-refractivity contribution in [3.05, 3.63) is 82.0 Å². The van der Waals surface area contributed by atoms with Gasteiger partial charge in [0.05, 0.1) is 24.8 Å². The summed E-state index contributed by atoms with van der Waals surface area (Å²) >= 11 is 1.55. The van der Waals surface area contributed by atoms with E-state index in [2.05, 4.69) is 5.32 Å². The number of rotatable bonds is 10. The highest BCUT2D eigenvalue weighted by atomic mass is 32.1. The normalized spacial score (nSPS) is 11.4.